The Kier molecular flexibility index (Phi) is 5.68. The third kappa shape index (κ3) is 3.58. The minimum atomic E-state index is 0.590. The quantitative estimate of drug-likeness (QED) is 0.647. The van der Waals surface area contributed by atoms with Crippen molar-refractivity contribution in [1.29, 1.82) is 0 Å². The molecule has 0 fully saturated rings. The van der Waals surface area contributed by atoms with Gasteiger partial charge in [0.15, 0.2) is 0 Å². The van der Waals surface area contributed by atoms with E-state index < -0.39 is 0 Å². The molecule has 0 aromatic rings. The Bertz CT molecular complexity index is 194. The fourth-order valence-electron chi connectivity index (χ4n) is 2.13. The standard InChI is InChI=1S/C12H27NSi/c1-8(2)13(9(3)4)11(6)10(5)12(7)14/h8-9,11H,1-7,14H3. The Labute approximate surface area is 93.0 Å². The van der Waals surface area contributed by atoms with Crippen molar-refractivity contribution < 1.29 is 0 Å². The number of rotatable bonds is 4. The van der Waals surface area contributed by atoms with Crippen LogP contribution < -0.4 is 0 Å². The zero-order valence-electron chi connectivity index (χ0n) is 11.2. The highest BCUT2D eigenvalue weighted by molar-refractivity contribution is 6.21. The second kappa shape index (κ2) is 5.71. The molecule has 0 bridgehead atoms. The normalized spacial score (nSPS) is 16.7. The average Bonchev–Trinajstić information content (AvgIpc) is 2.01. The number of nitrogens with zero attached hydrogens (tertiary/aromatic N) is 1. The molecule has 0 radical (unpaired) electrons. The third-order valence-corrected chi connectivity index (χ3v) is 3.84. The molecule has 0 heterocycles. The number of hydrogen-bond donors (Lipinski definition) is 0. The molecule has 0 rings (SSSR count). The summed E-state index contributed by atoms with van der Waals surface area (Å²) in [5, 5.41) is 1.59. The van der Waals surface area contributed by atoms with E-state index in [0.717, 1.165) is 0 Å². The Hall–Kier alpha value is -0.0831. The van der Waals surface area contributed by atoms with Crippen LogP contribution in [0, 0.1) is 0 Å². The minimum absolute atomic E-state index is 0.590. The summed E-state index contributed by atoms with van der Waals surface area (Å²) in [5.74, 6) is 0. The van der Waals surface area contributed by atoms with E-state index in [9.17, 15) is 0 Å². The Morgan fingerprint density at radius 1 is 0.929 bits per heavy atom. The Morgan fingerprint density at radius 3 is 1.50 bits per heavy atom. The van der Waals surface area contributed by atoms with Crippen LogP contribution in [0.15, 0.2) is 10.8 Å². The molecule has 0 aliphatic heterocycles. The van der Waals surface area contributed by atoms with Crippen LogP contribution in [0.4, 0.5) is 0 Å². The van der Waals surface area contributed by atoms with Gasteiger partial charge in [-0.1, -0.05) is 10.8 Å². The van der Waals surface area contributed by atoms with E-state index in [-0.39, 0.29) is 0 Å². The van der Waals surface area contributed by atoms with Gasteiger partial charge in [-0.25, -0.2) is 0 Å². The zero-order chi connectivity index (χ0) is 11.5. The predicted molar refractivity (Wildman–Crippen MR) is 69.9 cm³/mol. The molecular formula is C12H27NSi. The van der Waals surface area contributed by atoms with Crippen molar-refractivity contribution in [3.8, 4) is 0 Å². The summed E-state index contributed by atoms with van der Waals surface area (Å²) in [7, 11) is 1.19. The zero-order valence-corrected chi connectivity index (χ0v) is 13.2. The van der Waals surface area contributed by atoms with Gasteiger partial charge in [-0.15, -0.1) is 0 Å². The first-order chi connectivity index (χ1) is 6.29. The van der Waals surface area contributed by atoms with Gasteiger partial charge in [-0.05, 0) is 48.5 Å². The van der Waals surface area contributed by atoms with Crippen LogP contribution in [0.3, 0.4) is 0 Å². The maximum atomic E-state index is 2.58. The van der Waals surface area contributed by atoms with Crippen molar-refractivity contribution in [2.24, 2.45) is 0 Å². The highest BCUT2D eigenvalue weighted by Gasteiger charge is 2.21. The largest absolute Gasteiger partial charge is 0.292 e. The van der Waals surface area contributed by atoms with Crippen LogP contribution in [-0.4, -0.2) is 33.3 Å². The van der Waals surface area contributed by atoms with Crippen LogP contribution >= 0.6 is 0 Å². The lowest BCUT2D eigenvalue weighted by Gasteiger charge is -2.37. The lowest BCUT2D eigenvalue weighted by atomic mass is 10.0. The summed E-state index contributed by atoms with van der Waals surface area (Å²) in [6.07, 6.45) is 0. The number of allylic oxidation sites excluding steroid dienone is 1. The van der Waals surface area contributed by atoms with Gasteiger partial charge in [0, 0.05) is 28.4 Å². The fraction of sp³-hybridized carbons (Fsp3) is 0.833. The molecule has 0 aromatic heterocycles. The van der Waals surface area contributed by atoms with Gasteiger partial charge in [0.1, 0.15) is 0 Å². The SMILES string of the molecule is CC([SiH3])=C(C)C(C)N(C(C)C)C(C)C. The van der Waals surface area contributed by atoms with Gasteiger partial charge >= 0.3 is 0 Å². The predicted octanol–water partition coefficient (Wildman–Crippen LogP) is 2.15. The van der Waals surface area contributed by atoms with E-state index in [4.69, 9.17) is 0 Å². The number of hydrogen-bond acceptors (Lipinski definition) is 1. The molecule has 2 heteroatoms. The molecule has 0 amide bonds. The molecule has 0 spiro atoms. The lowest BCUT2D eigenvalue weighted by molar-refractivity contribution is 0.141. The van der Waals surface area contributed by atoms with E-state index in [1.54, 1.807) is 10.8 Å². The van der Waals surface area contributed by atoms with Crippen LogP contribution in [0.1, 0.15) is 48.5 Å². The van der Waals surface area contributed by atoms with E-state index >= 15 is 0 Å². The molecule has 84 valence electrons. The lowest BCUT2D eigenvalue weighted by Crippen LogP contribution is -2.44. The Morgan fingerprint density at radius 2 is 1.29 bits per heavy atom. The molecular weight excluding hydrogens is 186 g/mol. The highest BCUT2D eigenvalue weighted by atomic mass is 28.1. The van der Waals surface area contributed by atoms with Crippen LogP contribution in [-0.2, 0) is 0 Å². The van der Waals surface area contributed by atoms with Gasteiger partial charge < -0.3 is 0 Å². The first-order valence-corrected chi connectivity index (χ1v) is 6.70. The van der Waals surface area contributed by atoms with E-state index in [2.05, 4.69) is 53.4 Å². The summed E-state index contributed by atoms with van der Waals surface area (Å²) in [6.45, 7) is 16.0. The van der Waals surface area contributed by atoms with Gasteiger partial charge in [-0.3, -0.25) is 4.90 Å². The summed E-state index contributed by atoms with van der Waals surface area (Å²) in [5.41, 5.74) is 1.57. The van der Waals surface area contributed by atoms with Gasteiger partial charge in [0.25, 0.3) is 0 Å². The van der Waals surface area contributed by atoms with Crippen molar-refractivity contribution in [2.75, 3.05) is 0 Å². The average molecular weight is 213 g/mol. The maximum Gasteiger partial charge on any atom is 0.0329 e. The van der Waals surface area contributed by atoms with E-state index in [0.29, 0.717) is 18.1 Å². The summed E-state index contributed by atoms with van der Waals surface area (Å²) in [6, 6.07) is 1.84. The van der Waals surface area contributed by atoms with Crippen molar-refractivity contribution >= 4 is 10.2 Å². The second-order valence-corrected chi connectivity index (χ2v) is 6.49. The molecule has 0 saturated heterocycles. The monoisotopic (exact) mass is 213 g/mol. The van der Waals surface area contributed by atoms with Crippen molar-refractivity contribution in [3.05, 3.63) is 10.8 Å². The van der Waals surface area contributed by atoms with Gasteiger partial charge in [-0.2, -0.15) is 0 Å². The van der Waals surface area contributed by atoms with Crippen LogP contribution in [0.5, 0.6) is 0 Å². The molecule has 1 atom stereocenters. The molecule has 0 aliphatic rings. The minimum Gasteiger partial charge on any atom is -0.292 e. The van der Waals surface area contributed by atoms with Crippen molar-refractivity contribution in [3.63, 3.8) is 0 Å². The Balaban J connectivity index is 4.78. The second-order valence-electron chi connectivity index (χ2n) is 4.99. The molecule has 0 aromatic carbocycles. The van der Waals surface area contributed by atoms with E-state index in [1.807, 2.05) is 0 Å². The van der Waals surface area contributed by atoms with Crippen molar-refractivity contribution in [1.82, 2.24) is 4.90 Å². The molecule has 0 saturated carbocycles. The molecule has 14 heavy (non-hydrogen) atoms. The highest BCUT2D eigenvalue weighted by Crippen LogP contribution is 2.18. The van der Waals surface area contributed by atoms with Gasteiger partial charge in [0.2, 0.25) is 0 Å². The molecule has 1 unspecified atom stereocenters. The first kappa shape index (κ1) is 13.9. The van der Waals surface area contributed by atoms with Gasteiger partial charge in [0.05, 0.1) is 0 Å². The molecule has 0 N–H and O–H groups in total. The third-order valence-electron chi connectivity index (χ3n) is 3.06. The van der Waals surface area contributed by atoms with Crippen molar-refractivity contribution in [2.45, 2.75) is 66.6 Å². The fourth-order valence-corrected chi connectivity index (χ4v) is 2.55. The maximum absolute atomic E-state index is 2.58. The van der Waals surface area contributed by atoms with Crippen LogP contribution in [0.25, 0.3) is 0 Å². The smallest absolute Gasteiger partial charge is 0.0329 e. The first-order valence-electron chi connectivity index (χ1n) is 5.70. The molecule has 0 aliphatic carbocycles. The summed E-state index contributed by atoms with van der Waals surface area (Å²) >= 11 is 0. The topological polar surface area (TPSA) is 3.24 Å². The summed E-state index contributed by atoms with van der Waals surface area (Å²) in [4.78, 5) is 2.58. The van der Waals surface area contributed by atoms with Crippen LogP contribution in [0.2, 0.25) is 0 Å². The molecule has 1 nitrogen and oxygen atoms in total. The summed E-state index contributed by atoms with van der Waals surface area (Å²) < 4.78 is 0. The van der Waals surface area contributed by atoms with E-state index in [1.165, 1.54) is 10.2 Å².